The van der Waals surface area contributed by atoms with Crippen LogP contribution in [0.5, 0.6) is 0 Å². The van der Waals surface area contributed by atoms with Crippen LogP contribution in [0.25, 0.3) is 10.8 Å². The highest BCUT2D eigenvalue weighted by Crippen LogP contribution is 2.14. The third-order valence-corrected chi connectivity index (χ3v) is 2.05. The van der Waals surface area contributed by atoms with Crippen molar-refractivity contribution < 1.29 is 0 Å². The number of benzene rings is 2. The summed E-state index contributed by atoms with van der Waals surface area (Å²) in [5.74, 6) is 0. The van der Waals surface area contributed by atoms with Crippen molar-refractivity contribution in [2.45, 2.75) is 0 Å². The van der Waals surface area contributed by atoms with Gasteiger partial charge >= 0.3 is 0 Å². The molecule has 0 N–H and O–H groups in total. The molecular formula is C12H11N. The predicted molar refractivity (Wildman–Crippen MR) is 57.5 cm³/mol. The average molecular weight is 169 g/mol. The number of fused-ring (bicyclic) bond motifs is 1. The molecule has 2 rings (SSSR count). The maximum atomic E-state index is 3.99. The SMILES string of the molecule is C/N=C/c1ccc2ccccc2c1. The van der Waals surface area contributed by atoms with Crippen LogP contribution in [0, 0.1) is 0 Å². The van der Waals surface area contributed by atoms with Crippen LogP contribution < -0.4 is 0 Å². The first kappa shape index (κ1) is 7.99. The van der Waals surface area contributed by atoms with Crippen molar-refractivity contribution >= 4 is 17.0 Å². The monoisotopic (exact) mass is 169 g/mol. The number of nitrogens with zero attached hydrogens (tertiary/aromatic N) is 1. The zero-order valence-electron chi connectivity index (χ0n) is 7.57. The number of aliphatic imine (C=N–C) groups is 1. The predicted octanol–water partition coefficient (Wildman–Crippen LogP) is 2.89. The van der Waals surface area contributed by atoms with E-state index in [0.717, 1.165) is 5.56 Å². The van der Waals surface area contributed by atoms with Gasteiger partial charge in [-0.25, -0.2) is 0 Å². The molecule has 0 aliphatic heterocycles. The molecular weight excluding hydrogens is 158 g/mol. The second kappa shape index (κ2) is 3.40. The first-order chi connectivity index (χ1) is 6.40. The van der Waals surface area contributed by atoms with Gasteiger partial charge < -0.3 is 0 Å². The smallest absolute Gasteiger partial charge is 0.0281 e. The fourth-order valence-corrected chi connectivity index (χ4v) is 1.44. The minimum atomic E-state index is 1.15. The zero-order valence-corrected chi connectivity index (χ0v) is 7.57. The van der Waals surface area contributed by atoms with Gasteiger partial charge in [0.05, 0.1) is 0 Å². The van der Waals surface area contributed by atoms with Gasteiger partial charge in [-0.05, 0) is 22.4 Å². The maximum Gasteiger partial charge on any atom is 0.0281 e. The summed E-state index contributed by atoms with van der Waals surface area (Å²) < 4.78 is 0. The van der Waals surface area contributed by atoms with Crippen molar-refractivity contribution in [1.82, 2.24) is 0 Å². The Morgan fingerprint density at radius 3 is 2.54 bits per heavy atom. The molecule has 13 heavy (non-hydrogen) atoms. The topological polar surface area (TPSA) is 12.4 Å². The lowest BCUT2D eigenvalue weighted by molar-refractivity contribution is 1.46. The van der Waals surface area contributed by atoms with E-state index in [2.05, 4.69) is 47.5 Å². The summed E-state index contributed by atoms with van der Waals surface area (Å²) >= 11 is 0. The fourth-order valence-electron chi connectivity index (χ4n) is 1.44. The maximum absolute atomic E-state index is 3.99. The van der Waals surface area contributed by atoms with Crippen LogP contribution in [-0.4, -0.2) is 13.3 Å². The summed E-state index contributed by atoms with van der Waals surface area (Å²) in [7, 11) is 1.79. The molecule has 0 spiro atoms. The molecule has 64 valence electrons. The molecule has 0 heterocycles. The molecule has 0 radical (unpaired) electrons. The highest BCUT2D eigenvalue weighted by molar-refractivity contribution is 5.90. The minimum absolute atomic E-state index is 1.15. The largest absolute Gasteiger partial charge is 0.296 e. The Morgan fingerprint density at radius 2 is 1.77 bits per heavy atom. The Morgan fingerprint density at radius 1 is 1.00 bits per heavy atom. The van der Waals surface area contributed by atoms with E-state index >= 15 is 0 Å². The van der Waals surface area contributed by atoms with Crippen LogP contribution in [0.3, 0.4) is 0 Å². The van der Waals surface area contributed by atoms with Crippen molar-refractivity contribution in [3.05, 3.63) is 48.0 Å². The standard InChI is InChI=1S/C12H11N/c1-13-9-10-6-7-11-4-2-3-5-12(11)8-10/h2-9H,1H3/b13-9+. The molecule has 1 nitrogen and oxygen atoms in total. The van der Waals surface area contributed by atoms with Crippen molar-refractivity contribution in [1.29, 1.82) is 0 Å². The molecule has 0 saturated carbocycles. The molecule has 0 aliphatic rings. The van der Waals surface area contributed by atoms with Gasteiger partial charge in [-0.3, -0.25) is 4.99 Å². The van der Waals surface area contributed by atoms with Crippen molar-refractivity contribution in [3.63, 3.8) is 0 Å². The molecule has 2 aromatic rings. The van der Waals surface area contributed by atoms with Crippen LogP contribution in [0.4, 0.5) is 0 Å². The number of hydrogen-bond donors (Lipinski definition) is 0. The van der Waals surface area contributed by atoms with E-state index in [1.165, 1.54) is 10.8 Å². The van der Waals surface area contributed by atoms with Crippen molar-refractivity contribution in [2.24, 2.45) is 4.99 Å². The van der Waals surface area contributed by atoms with Gasteiger partial charge in [0, 0.05) is 13.3 Å². The molecule has 0 bridgehead atoms. The molecule has 0 aliphatic carbocycles. The van der Waals surface area contributed by atoms with E-state index < -0.39 is 0 Å². The minimum Gasteiger partial charge on any atom is -0.296 e. The normalized spacial score (nSPS) is 11.2. The van der Waals surface area contributed by atoms with Gasteiger partial charge in [-0.15, -0.1) is 0 Å². The van der Waals surface area contributed by atoms with Crippen LogP contribution in [-0.2, 0) is 0 Å². The Balaban J connectivity index is 2.62. The van der Waals surface area contributed by atoms with Crippen LogP contribution in [0.1, 0.15) is 5.56 Å². The molecule has 0 saturated heterocycles. The zero-order chi connectivity index (χ0) is 9.10. The summed E-state index contributed by atoms with van der Waals surface area (Å²) in [6, 6.07) is 14.7. The fraction of sp³-hybridized carbons (Fsp3) is 0.0833. The van der Waals surface area contributed by atoms with Gasteiger partial charge in [0.25, 0.3) is 0 Å². The molecule has 2 aromatic carbocycles. The molecule has 0 atom stereocenters. The van der Waals surface area contributed by atoms with Gasteiger partial charge in [0.1, 0.15) is 0 Å². The first-order valence-electron chi connectivity index (χ1n) is 4.31. The highest BCUT2D eigenvalue weighted by atomic mass is 14.6. The van der Waals surface area contributed by atoms with Gasteiger partial charge in [0.15, 0.2) is 0 Å². The van der Waals surface area contributed by atoms with E-state index in [0.29, 0.717) is 0 Å². The van der Waals surface area contributed by atoms with Crippen LogP contribution >= 0.6 is 0 Å². The average Bonchev–Trinajstić information content (AvgIpc) is 2.18. The molecule has 0 amide bonds. The lowest BCUT2D eigenvalue weighted by Gasteiger charge is -1.97. The van der Waals surface area contributed by atoms with E-state index in [-0.39, 0.29) is 0 Å². The Hall–Kier alpha value is -1.63. The molecule has 0 aromatic heterocycles. The molecule has 1 heteroatoms. The van der Waals surface area contributed by atoms with Crippen LogP contribution in [0.15, 0.2) is 47.5 Å². The van der Waals surface area contributed by atoms with E-state index in [9.17, 15) is 0 Å². The molecule has 0 fully saturated rings. The van der Waals surface area contributed by atoms with E-state index in [1.807, 2.05) is 6.21 Å². The summed E-state index contributed by atoms with van der Waals surface area (Å²) in [5, 5.41) is 2.54. The summed E-state index contributed by atoms with van der Waals surface area (Å²) in [5.41, 5.74) is 1.15. The third-order valence-electron chi connectivity index (χ3n) is 2.05. The molecule has 0 unspecified atom stereocenters. The first-order valence-corrected chi connectivity index (χ1v) is 4.31. The van der Waals surface area contributed by atoms with Gasteiger partial charge in [-0.2, -0.15) is 0 Å². The van der Waals surface area contributed by atoms with Gasteiger partial charge in [0.2, 0.25) is 0 Å². The van der Waals surface area contributed by atoms with Crippen molar-refractivity contribution in [3.8, 4) is 0 Å². The summed E-state index contributed by atoms with van der Waals surface area (Å²) in [6.45, 7) is 0. The van der Waals surface area contributed by atoms with E-state index in [4.69, 9.17) is 0 Å². The lowest BCUT2D eigenvalue weighted by atomic mass is 10.1. The van der Waals surface area contributed by atoms with Crippen LogP contribution in [0.2, 0.25) is 0 Å². The Kier molecular flexibility index (Phi) is 2.09. The van der Waals surface area contributed by atoms with E-state index in [1.54, 1.807) is 7.05 Å². The Labute approximate surface area is 77.7 Å². The number of hydrogen-bond acceptors (Lipinski definition) is 1. The third kappa shape index (κ3) is 1.59. The highest BCUT2D eigenvalue weighted by Gasteiger charge is 1.91. The second-order valence-electron chi connectivity index (χ2n) is 2.99. The number of rotatable bonds is 1. The van der Waals surface area contributed by atoms with Gasteiger partial charge in [-0.1, -0.05) is 36.4 Å². The lowest BCUT2D eigenvalue weighted by Crippen LogP contribution is -1.80. The quantitative estimate of drug-likeness (QED) is 0.582. The van der Waals surface area contributed by atoms with Crippen molar-refractivity contribution in [2.75, 3.05) is 7.05 Å². The Bertz CT molecular complexity index is 444. The summed E-state index contributed by atoms with van der Waals surface area (Å²) in [4.78, 5) is 3.99. The summed E-state index contributed by atoms with van der Waals surface area (Å²) in [6.07, 6.45) is 1.87. The second-order valence-corrected chi connectivity index (χ2v) is 2.99.